The highest BCUT2D eigenvalue weighted by Crippen LogP contribution is 2.25. The molecule has 0 aliphatic heterocycles. The van der Waals surface area contributed by atoms with Crippen molar-refractivity contribution in [1.82, 2.24) is 10.3 Å². The highest BCUT2D eigenvalue weighted by atomic mass is 32.1. The predicted molar refractivity (Wildman–Crippen MR) is 120 cm³/mol. The van der Waals surface area contributed by atoms with Crippen LogP contribution in [0.4, 0.5) is 5.13 Å². The van der Waals surface area contributed by atoms with Crippen molar-refractivity contribution in [3.8, 4) is 17.0 Å². The van der Waals surface area contributed by atoms with Crippen molar-refractivity contribution < 1.29 is 14.3 Å². The van der Waals surface area contributed by atoms with Crippen molar-refractivity contribution in [2.24, 2.45) is 0 Å². The Morgan fingerprint density at radius 1 is 1.07 bits per heavy atom. The Morgan fingerprint density at radius 3 is 2.53 bits per heavy atom. The fourth-order valence-corrected chi connectivity index (χ4v) is 3.53. The molecule has 1 heterocycles. The molecule has 30 heavy (non-hydrogen) atoms. The molecule has 0 spiro atoms. The standard InChI is InChI=1S/C23H25N3O3S/c1-15-4-9-20(12-16(15)2)29-13-22(28)26-23-25-21(14-30-23)19-7-5-18(6-8-19)10-11-24-17(3)27/h4-9,12,14H,10-11,13H2,1-3H3,(H,24,27)(H,25,26,28). The summed E-state index contributed by atoms with van der Waals surface area (Å²) in [6.07, 6.45) is 0.777. The zero-order chi connectivity index (χ0) is 21.5. The molecule has 2 N–H and O–H groups in total. The van der Waals surface area contributed by atoms with E-state index in [1.807, 2.05) is 61.7 Å². The first kappa shape index (κ1) is 21.5. The number of hydrogen-bond acceptors (Lipinski definition) is 5. The third kappa shape index (κ3) is 6.15. The lowest BCUT2D eigenvalue weighted by Gasteiger charge is -2.08. The molecule has 0 radical (unpaired) electrons. The summed E-state index contributed by atoms with van der Waals surface area (Å²) in [6.45, 7) is 6.10. The van der Waals surface area contributed by atoms with Crippen LogP contribution in [0, 0.1) is 13.8 Å². The number of aromatic nitrogens is 1. The van der Waals surface area contributed by atoms with E-state index >= 15 is 0 Å². The maximum absolute atomic E-state index is 12.2. The van der Waals surface area contributed by atoms with E-state index in [9.17, 15) is 9.59 Å². The van der Waals surface area contributed by atoms with Crippen LogP contribution in [0.3, 0.4) is 0 Å². The van der Waals surface area contributed by atoms with Crippen molar-refractivity contribution in [2.45, 2.75) is 27.2 Å². The molecular weight excluding hydrogens is 398 g/mol. The third-order valence-corrected chi connectivity index (χ3v) is 5.39. The molecule has 0 fully saturated rings. The predicted octanol–water partition coefficient (Wildman–Crippen LogP) is 4.12. The number of carbonyl (C=O) groups is 2. The van der Waals surface area contributed by atoms with E-state index in [4.69, 9.17) is 4.74 Å². The Bertz CT molecular complexity index is 1030. The molecule has 3 rings (SSSR count). The molecule has 0 aliphatic rings. The van der Waals surface area contributed by atoms with Gasteiger partial charge in [0.25, 0.3) is 5.91 Å². The number of benzene rings is 2. The monoisotopic (exact) mass is 423 g/mol. The van der Waals surface area contributed by atoms with Crippen LogP contribution < -0.4 is 15.4 Å². The van der Waals surface area contributed by atoms with Gasteiger partial charge in [0.05, 0.1) is 5.69 Å². The summed E-state index contributed by atoms with van der Waals surface area (Å²) in [5, 5.41) is 8.01. The quantitative estimate of drug-likeness (QED) is 0.571. The molecule has 0 saturated carbocycles. The Balaban J connectivity index is 1.52. The van der Waals surface area contributed by atoms with E-state index in [2.05, 4.69) is 15.6 Å². The van der Waals surface area contributed by atoms with Gasteiger partial charge in [-0.2, -0.15) is 0 Å². The normalized spacial score (nSPS) is 10.5. The van der Waals surface area contributed by atoms with Crippen LogP contribution in [-0.4, -0.2) is 29.9 Å². The van der Waals surface area contributed by atoms with Crippen molar-refractivity contribution in [1.29, 1.82) is 0 Å². The molecule has 156 valence electrons. The fraction of sp³-hybridized carbons (Fsp3) is 0.261. The smallest absolute Gasteiger partial charge is 0.264 e. The van der Waals surface area contributed by atoms with Crippen molar-refractivity contribution in [3.05, 3.63) is 64.5 Å². The first-order valence-electron chi connectivity index (χ1n) is 9.70. The van der Waals surface area contributed by atoms with Crippen LogP contribution in [0.15, 0.2) is 47.8 Å². The van der Waals surface area contributed by atoms with Gasteiger partial charge in [0.15, 0.2) is 11.7 Å². The molecule has 7 heteroatoms. The van der Waals surface area contributed by atoms with Gasteiger partial charge >= 0.3 is 0 Å². The number of anilines is 1. The molecule has 0 unspecified atom stereocenters. The molecule has 6 nitrogen and oxygen atoms in total. The van der Waals surface area contributed by atoms with Gasteiger partial charge in [0.1, 0.15) is 5.75 Å². The van der Waals surface area contributed by atoms with E-state index in [-0.39, 0.29) is 18.4 Å². The lowest BCUT2D eigenvalue weighted by atomic mass is 10.1. The van der Waals surface area contributed by atoms with E-state index in [1.165, 1.54) is 23.8 Å². The van der Waals surface area contributed by atoms with Crippen molar-refractivity contribution >= 4 is 28.3 Å². The van der Waals surface area contributed by atoms with Crippen LogP contribution in [0.2, 0.25) is 0 Å². The summed E-state index contributed by atoms with van der Waals surface area (Å²) in [6, 6.07) is 13.8. The third-order valence-electron chi connectivity index (χ3n) is 4.64. The molecule has 2 amide bonds. The first-order chi connectivity index (χ1) is 14.4. The highest BCUT2D eigenvalue weighted by molar-refractivity contribution is 7.14. The number of nitrogens with zero attached hydrogens (tertiary/aromatic N) is 1. The molecule has 0 saturated heterocycles. The van der Waals surface area contributed by atoms with Crippen LogP contribution in [0.25, 0.3) is 11.3 Å². The van der Waals surface area contributed by atoms with Crippen molar-refractivity contribution in [2.75, 3.05) is 18.5 Å². The van der Waals surface area contributed by atoms with Crippen LogP contribution in [0.5, 0.6) is 5.75 Å². The minimum atomic E-state index is -0.248. The lowest BCUT2D eigenvalue weighted by molar-refractivity contribution is -0.119. The summed E-state index contributed by atoms with van der Waals surface area (Å²) in [4.78, 5) is 27.6. The topological polar surface area (TPSA) is 80.3 Å². The van der Waals surface area contributed by atoms with E-state index in [0.717, 1.165) is 28.8 Å². The summed E-state index contributed by atoms with van der Waals surface area (Å²) >= 11 is 1.37. The Labute approximate surface area is 180 Å². The number of nitrogens with one attached hydrogen (secondary N) is 2. The second-order valence-corrected chi connectivity index (χ2v) is 7.91. The van der Waals surface area contributed by atoms with Gasteiger partial charge in [0, 0.05) is 24.4 Å². The van der Waals surface area contributed by atoms with Gasteiger partial charge in [-0.15, -0.1) is 11.3 Å². The van der Waals surface area contributed by atoms with Gasteiger partial charge < -0.3 is 10.1 Å². The number of carbonyl (C=O) groups excluding carboxylic acids is 2. The Morgan fingerprint density at radius 2 is 1.83 bits per heavy atom. The summed E-state index contributed by atoms with van der Waals surface area (Å²) in [5.74, 6) is 0.400. The van der Waals surface area contributed by atoms with E-state index in [0.29, 0.717) is 17.4 Å². The maximum atomic E-state index is 12.2. The molecule has 0 bridgehead atoms. The zero-order valence-electron chi connectivity index (χ0n) is 17.3. The first-order valence-corrected chi connectivity index (χ1v) is 10.6. The highest BCUT2D eigenvalue weighted by Gasteiger charge is 2.09. The van der Waals surface area contributed by atoms with Crippen LogP contribution in [-0.2, 0) is 16.0 Å². The fourth-order valence-electron chi connectivity index (χ4n) is 2.80. The van der Waals surface area contributed by atoms with Crippen LogP contribution in [0.1, 0.15) is 23.6 Å². The summed E-state index contributed by atoms with van der Waals surface area (Å²) in [7, 11) is 0. The summed E-state index contributed by atoms with van der Waals surface area (Å²) < 4.78 is 5.57. The van der Waals surface area contributed by atoms with E-state index < -0.39 is 0 Å². The second kappa shape index (κ2) is 10.0. The minimum Gasteiger partial charge on any atom is -0.484 e. The molecule has 2 aromatic carbocycles. The summed E-state index contributed by atoms with van der Waals surface area (Å²) in [5.41, 5.74) is 5.22. The average molecular weight is 424 g/mol. The van der Waals surface area contributed by atoms with Gasteiger partial charge in [-0.3, -0.25) is 14.9 Å². The number of aryl methyl sites for hydroxylation is 2. The molecule has 0 aliphatic carbocycles. The number of hydrogen-bond donors (Lipinski definition) is 2. The van der Waals surface area contributed by atoms with Gasteiger partial charge in [-0.1, -0.05) is 30.3 Å². The Kier molecular flexibility index (Phi) is 7.19. The van der Waals surface area contributed by atoms with E-state index in [1.54, 1.807) is 0 Å². The van der Waals surface area contributed by atoms with Crippen molar-refractivity contribution in [3.63, 3.8) is 0 Å². The number of ether oxygens (including phenoxy) is 1. The van der Waals surface area contributed by atoms with Gasteiger partial charge in [0.2, 0.25) is 5.91 Å². The molecule has 1 aromatic heterocycles. The zero-order valence-corrected chi connectivity index (χ0v) is 18.1. The molecule has 0 atom stereocenters. The lowest BCUT2D eigenvalue weighted by Crippen LogP contribution is -2.22. The average Bonchev–Trinajstić information content (AvgIpc) is 3.17. The number of rotatable bonds is 8. The molecular formula is C23H25N3O3S. The second-order valence-electron chi connectivity index (χ2n) is 7.05. The maximum Gasteiger partial charge on any atom is 0.264 e. The largest absolute Gasteiger partial charge is 0.484 e. The molecule has 3 aromatic rings. The SMILES string of the molecule is CC(=O)NCCc1ccc(-c2csc(NC(=O)COc3ccc(C)c(C)c3)n2)cc1. The Hall–Kier alpha value is -3.19. The number of amides is 2. The van der Waals surface area contributed by atoms with Crippen LogP contribution >= 0.6 is 11.3 Å². The minimum absolute atomic E-state index is 0.0250. The van der Waals surface area contributed by atoms with Gasteiger partial charge in [-0.25, -0.2) is 4.98 Å². The number of thiazole rings is 1. The van der Waals surface area contributed by atoms with Gasteiger partial charge in [-0.05, 0) is 49.1 Å².